The molecule has 98 valence electrons. The van der Waals surface area contributed by atoms with Crippen LogP contribution in [0.2, 0.25) is 0 Å². The van der Waals surface area contributed by atoms with Crippen LogP contribution >= 0.6 is 0 Å². The summed E-state index contributed by atoms with van der Waals surface area (Å²) in [6.07, 6.45) is 8.21. The minimum Gasteiger partial charge on any atom is -0.338 e. The number of likely N-dealkylation sites (tertiary alicyclic amines) is 1. The van der Waals surface area contributed by atoms with E-state index in [2.05, 4.69) is 11.8 Å². The normalized spacial score (nSPS) is 34.0. The molecule has 1 aliphatic heterocycles. The molecule has 0 spiro atoms. The summed E-state index contributed by atoms with van der Waals surface area (Å²) >= 11 is 0. The molecule has 0 aromatic rings. The van der Waals surface area contributed by atoms with Gasteiger partial charge >= 0.3 is 0 Å². The van der Waals surface area contributed by atoms with Crippen molar-refractivity contribution in [1.82, 2.24) is 4.90 Å². The number of nitrogens with two attached hydrogens (primary N) is 1. The lowest BCUT2D eigenvalue weighted by Crippen LogP contribution is -2.43. The Kier molecular flexibility index (Phi) is 4.43. The van der Waals surface area contributed by atoms with Gasteiger partial charge in [-0.1, -0.05) is 13.3 Å². The number of hydrogen-bond donors (Lipinski definition) is 1. The lowest BCUT2D eigenvalue weighted by molar-refractivity contribution is -0.137. The van der Waals surface area contributed by atoms with Crippen LogP contribution in [-0.4, -0.2) is 29.9 Å². The second kappa shape index (κ2) is 5.85. The van der Waals surface area contributed by atoms with Crippen molar-refractivity contribution < 1.29 is 4.79 Å². The molecule has 1 unspecified atom stereocenters. The molecule has 0 radical (unpaired) electrons. The van der Waals surface area contributed by atoms with E-state index in [0.29, 0.717) is 24.4 Å². The molecule has 1 saturated heterocycles. The fraction of sp³-hybridized carbons (Fsp3) is 0.929. The summed E-state index contributed by atoms with van der Waals surface area (Å²) < 4.78 is 0. The van der Waals surface area contributed by atoms with E-state index in [-0.39, 0.29) is 0 Å². The van der Waals surface area contributed by atoms with Crippen LogP contribution in [0.25, 0.3) is 0 Å². The van der Waals surface area contributed by atoms with Crippen molar-refractivity contribution in [2.75, 3.05) is 13.1 Å². The number of nitrogens with zero attached hydrogens (tertiary/aromatic N) is 1. The summed E-state index contributed by atoms with van der Waals surface area (Å²) in [5.74, 6) is 1.56. The Balaban J connectivity index is 1.88. The van der Waals surface area contributed by atoms with Crippen molar-refractivity contribution >= 4 is 5.91 Å². The zero-order valence-electron chi connectivity index (χ0n) is 11.0. The highest BCUT2D eigenvalue weighted by atomic mass is 16.2. The Bertz CT molecular complexity index is 259. The molecule has 2 rings (SSSR count). The Hall–Kier alpha value is -0.570. The minimum absolute atomic E-state index is 0.296. The van der Waals surface area contributed by atoms with Crippen molar-refractivity contribution in [2.24, 2.45) is 17.6 Å². The van der Waals surface area contributed by atoms with Gasteiger partial charge in [0.25, 0.3) is 0 Å². The quantitative estimate of drug-likeness (QED) is 0.819. The van der Waals surface area contributed by atoms with E-state index in [9.17, 15) is 4.79 Å². The van der Waals surface area contributed by atoms with Gasteiger partial charge in [0.05, 0.1) is 0 Å². The molecule has 3 heteroatoms. The van der Waals surface area contributed by atoms with Gasteiger partial charge in [0.1, 0.15) is 0 Å². The molecular formula is C14H26N2O. The Morgan fingerprint density at radius 1 is 1.24 bits per heavy atom. The van der Waals surface area contributed by atoms with Gasteiger partial charge in [0, 0.05) is 25.0 Å². The first-order valence-corrected chi connectivity index (χ1v) is 7.26. The Morgan fingerprint density at radius 2 is 1.94 bits per heavy atom. The van der Waals surface area contributed by atoms with E-state index in [1.165, 1.54) is 19.3 Å². The van der Waals surface area contributed by atoms with Gasteiger partial charge in [-0.15, -0.1) is 0 Å². The first-order valence-electron chi connectivity index (χ1n) is 7.26. The van der Waals surface area contributed by atoms with Crippen LogP contribution in [0.4, 0.5) is 0 Å². The van der Waals surface area contributed by atoms with E-state index < -0.39 is 0 Å². The molecule has 0 aromatic carbocycles. The van der Waals surface area contributed by atoms with Gasteiger partial charge in [0.15, 0.2) is 0 Å². The van der Waals surface area contributed by atoms with E-state index in [4.69, 9.17) is 5.73 Å². The molecule has 2 aliphatic rings. The third kappa shape index (κ3) is 2.82. The van der Waals surface area contributed by atoms with E-state index in [1.54, 1.807) is 0 Å². The van der Waals surface area contributed by atoms with Crippen molar-refractivity contribution in [2.45, 2.75) is 57.9 Å². The summed E-state index contributed by atoms with van der Waals surface area (Å²) in [6.45, 7) is 3.84. The maximum absolute atomic E-state index is 12.4. The van der Waals surface area contributed by atoms with Gasteiger partial charge in [-0.05, 0) is 44.4 Å². The van der Waals surface area contributed by atoms with Crippen LogP contribution in [0.1, 0.15) is 51.9 Å². The number of rotatable bonds is 3. The summed E-state index contributed by atoms with van der Waals surface area (Å²) in [5.41, 5.74) is 5.74. The third-order valence-electron chi connectivity index (χ3n) is 4.71. The monoisotopic (exact) mass is 238 g/mol. The third-order valence-corrected chi connectivity index (χ3v) is 4.71. The average molecular weight is 238 g/mol. The second-order valence-electron chi connectivity index (χ2n) is 5.69. The molecule has 1 aliphatic carbocycles. The molecular weight excluding hydrogens is 212 g/mol. The Labute approximate surface area is 105 Å². The van der Waals surface area contributed by atoms with Gasteiger partial charge in [-0.25, -0.2) is 0 Å². The fourth-order valence-electron chi connectivity index (χ4n) is 3.42. The number of carbonyl (C=O) groups is 1. The van der Waals surface area contributed by atoms with Crippen LogP contribution in [0.3, 0.4) is 0 Å². The van der Waals surface area contributed by atoms with Crippen LogP contribution < -0.4 is 5.73 Å². The summed E-state index contributed by atoms with van der Waals surface area (Å²) in [5, 5.41) is 0. The largest absolute Gasteiger partial charge is 0.338 e. The first-order chi connectivity index (χ1) is 8.26. The van der Waals surface area contributed by atoms with Crippen LogP contribution in [0.5, 0.6) is 0 Å². The standard InChI is InChI=1S/C14H26N2O/c1-2-11-5-7-12(8-6-11)14(17)16-9-3-4-13(16)10-15/h11-13H,2-10,15H2,1H3. The van der Waals surface area contributed by atoms with Crippen molar-refractivity contribution in [3.05, 3.63) is 0 Å². The highest BCUT2D eigenvalue weighted by Crippen LogP contribution is 2.33. The summed E-state index contributed by atoms with van der Waals surface area (Å²) in [4.78, 5) is 14.5. The molecule has 0 aromatic heterocycles. The molecule has 2 N–H and O–H groups in total. The molecule has 1 saturated carbocycles. The predicted octanol–water partition coefficient (Wildman–Crippen LogP) is 2.15. The molecule has 1 atom stereocenters. The van der Waals surface area contributed by atoms with E-state index >= 15 is 0 Å². The van der Waals surface area contributed by atoms with Crippen molar-refractivity contribution in [3.8, 4) is 0 Å². The molecule has 17 heavy (non-hydrogen) atoms. The predicted molar refractivity (Wildman–Crippen MR) is 69.5 cm³/mol. The summed E-state index contributed by atoms with van der Waals surface area (Å²) in [6, 6.07) is 0.325. The number of amides is 1. The van der Waals surface area contributed by atoms with Gasteiger partial charge in [0.2, 0.25) is 5.91 Å². The molecule has 2 fully saturated rings. The fourth-order valence-corrected chi connectivity index (χ4v) is 3.42. The zero-order valence-corrected chi connectivity index (χ0v) is 11.0. The lowest BCUT2D eigenvalue weighted by atomic mass is 9.80. The smallest absolute Gasteiger partial charge is 0.225 e. The summed E-state index contributed by atoms with van der Waals surface area (Å²) in [7, 11) is 0. The Morgan fingerprint density at radius 3 is 2.53 bits per heavy atom. The lowest BCUT2D eigenvalue weighted by Gasteiger charge is -2.32. The van der Waals surface area contributed by atoms with Crippen LogP contribution in [0, 0.1) is 11.8 Å². The van der Waals surface area contributed by atoms with Crippen molar-refractivity contribution in [1.29, 1.82) is 0 Å². The van der Waals surface area contributed by atoms with Gasteiger partial charge < -0.3 is 10.6 Å². The van der Waals surface area contributed by atoms with E-state index in [0.717, 1.165) is 38.1 Å². The molecule has 3 nitrogen and oxygen atoms in total. The van der Waals surface area contributed by atoms with Gasteiger partial charge in [-0.2, -0.15) is 0 Å². The van der Waals surface area contributed by atoms with Crippen molar-refractivity contribution in [3.63, 3.8) is 0 Å². The topological polar surface area (TPSA) is 46.3 Å². The second-order valence-corrected chi connectivity index (χ2v) is 5.69. The van der Waals surface area contributed by atoms with Crippen LogP contribution in [-0.2, 0) is 4.79 Å². The molecule has 0 bridgehead atoms. The number of hydrogen-bond acceptors (Lipinski definition) is 2. The SMILES string of the molecule is CCC1CCC(C(=O)N2CCCC2CN)CC1. The first kappa shape index (κ1) is 12.9. The van der Waals surface area contributed by atoms with Gasteiger partial charge in [-0.3, -0.25) is 4.79 Å². The van der Waals surface area contributed by atoms with E-state index in [1.807, 2.05) is 0 Å². The molecule has 1 amide bonds. The van der Waals surface area contributed by atoms with Crippen LogP contribution in [0.15, 0.2) is 0 Å². The number of carbonyl (C=O) groups excluding carboxylic acids is 1. The maximum Gasteiger partial charge on any atom is 0.225 e. The molecule has 1 heterocycles. The highest BCUT2D eigenvalue weighted by Gasteiger charge is 2.33. The highest BCUT2D eigenvalue weighted by molar-refractivity contribution is 5.79. The average Bonchev–Trinajstić information content (AvgIpc) is 2.86. The maximum atomic E-state index is 12.4. The minimum atomic E-state index is 0.296. The zero-order chi connectivity index (χ0) is 12.3.